The lowest BCUT2D eigenvalue weighted by atomic mass is 10.1. The summed E-state index contributed by atoms with van der Waals surface area (Å²) in [5, 5.41) is 0.609. The van der Waals surface area contributed by atoms with Crippen LogP contribution in [-0.4, -0.2) is 44.7 Å². The number of carbonyl (C=O) groups excluding carboxylic acids is 1. The van der Waals surface area contributed by atoms with Crippen molar-refractivity contribution in [3.05, 3.63) is 65.7 Å². The molecular weight excluding hydrogens is 354 g/mol. The minimum Gasteiger partial charge on any atom is -0.493 e. The van der Waals surface area contributed by atoms with Crippen molar-refractivity contribution in [2.75, 3.05) is 33.9 Å². The Morgan fingerprint density at radius 2 is 2.00 bits per heavy atom. The van der Waals surface area contributed by atoms with E-state index in [0.717, 1.165) is 0 Å². The molecule has 138 valence electrons. The zero-order valence-electron chi connectivity index (χ0n) is 14.9. The lowest BCUT2D eigenvalue weighted by Crippen LogP contribution is -2.30. The third-order valence-corrected chi connectivity index (χ3v) is 3.84. The maximum Gasteiger partial charge on any atom is 0.253 e. The predicted octanol–water partition coefficient (Wildman–Crippen LogP) is 4.06. The molecule has 26 heavy (non-hydrogen) atoms. The van der Waals surface area contributed by atoms with Crippen molar-refractivity contribution in [1.29, 1.82) is 0 Å². The van der Waals surface area contributed by atoms with Gasteiger partial charge in [0.2, 0.25) is 0 Å². The Kier molecular flexibility index (Phi) is 7.36. The Bertz CT molecular complexity index is 763. The van der Waals surface area contributed by atoms with Gasteiger partial charge in [0, 0.05) is 17.6 Å². The van der Waals surface area contributed by atoms with Gasteiger partial charge >= 0.3 is 0 Å². The molecule has 0 aliphatic rings. The van der Waals surface area contributed by atoms with Crippen molar-refractivity contribution in [3.8, 4) is 17.2 Å². The first kappa shape index (κ1) is 19.7. The van der Waals surface area contributed by atoms with Gasteiger partial charge in [-0.05, 0) is 36.4 Å². The van der Waals surface area contributed by atoms with Gasteiger partial charge in [0.05, 0.1) is 13.7 Å². The maximum absolute atomic E-state index is 12.6. The van der Waals surface area contributed by atoms with Crippen LogP contribution in [0.1, 0.15) is 10.4 Å². The molecule has 0 fully saturated rings. The molecule has 0 saturated carbocycles. The summed E-state index contributed by atoms with van der Waals surface area (Å²) < 4.78 is 16.4. The van der Waals surface area contributed by atoms with E-state index in [1.165, 1.54) is 7.11 Å². The summed E-state index contributed by atoms with van der Waals surface area (Å²) >= 11 is 5.92. The number of hydrogen-bond acceptors (Lipinski definition) is 4. The lowest BCUT2D eigenvalue weighted by Gasteiger charge is -2.18. The minimum absolute atomic E-state index is 0.131. The molecule has 5 nitrogen and oxygen atoms in total. The molecule has 0 unspecified atom stereocenters. The number of likely N-dealkylation sites (N-methyl/N-ethyl adjacent to an activating group) is 1. The molecule has 0 N–H and O–H groups in total. The Labute approximate surface area is 158 Å². The highest BCUT2D eigenvalue weighted by Crippen LogP contribution is 2.28. The number of nitrogens with zero attached hydrogens (tertiary/aromatic N) is 1. The van der Waals surface area contributed by atoms with Gasteiger partial charge in [-0.15, -0.1) is 0 Å². The largest absolute Gasteiger partial charge is 0.493 e. The summed E-state index contributed by atoms with van der Waals surface area (Å²) in [6.45, 7) is 4.77. The average Bonchev–Trinajstić information content (AvgIpc) is 2.65. The van der Waals surface area contributed by atoms with E-state index in [-0.39, 0.29) is 5.91 Å². The molecule has 2 aromatic rings. The molecule has 1 amide bonds. The van der Waals surface area contributed by atoms with E-state index in [1.807, 2.05) is 12.1 Å². The van der Waals surface area contributed by atoms with Gasteiger partial charge in [-0.25, -0.2) is 0 Å². The minimum atomic E-state index is -0.131. The van der Waals surface area contributed by atoms with Crippen molar-refractivity contribution < 1.29 is 19.0 Å². The predicted molar refractivity (Wildman–Crippen MR) is 103 cm³/mol. The maximum atomic E-state index is 12.6. The fourth-order valence-corrected chi connectivity index (χ4v) is 2.43. The number of rotatable bonds is 9. The van der Waals surface area contributed by atoms with Crippen LogP contribution in [-0.2, 0) is 0 Å². The van der Waals surface area contributed by atoms with E-state index in [9.17, 15) is 4.79 Å². The fourth-order valence-electron chi connectivity index (χ4n) is 2.25. The van der Waals surface area contributed by atoms with Crippen LogP contribution in [0.15, 0.2) is 55.1 Å². The quantitative estimate of drug-likeness (QED) is 0.620. The molecule has 0 spiro atoms. The molecule has 0 atom stereocenters. The highest BCUT2D eigenvalue weighted by Gasteiger charge is 2.15. The number of methoxy groups -OCH3 is 1. The molecule has 6 heteroatoms. The molecule has 2 rings (SSSR count). The Morgan fingerprint density at radius 3 is 2.69 bits per heavy atom. The van der Waals surface area contributed by atoms with Crippen molar-refractivity contribution in [2.45, 2.75) is 0 Å². The Hall–Kier alpha value is -2.66. The normalized spacial score (nSPS) is 10.1. The van der Waals surface area contributed by atoms with Crippen molar-refractivity contribution >= 4 is 17.5 Å². The van der Waals surface area contributed by atoms with Crippen LogP contribution >= 0.6 is 11.6 Å². The van der Waals surface area contributed by atoms with E-state index in [2.05, 4.69) is 6.58 Å². The monoisotopic (exact) mass is 375 g/mol. The zero-order chi connectivity index (χ0) is 18.9. The van der Waals surface area contributed by atoms with Crippen molar-refractivity contribution in [1.82, 2.24) is 4.90 Å². The molecule has 0 aromatic heterocycles. The molecule has 0 saturated heterocycles. The van der Waals surface area contributed by atoms with Crippen molar-refractivity contribution in [2.24, 2.45) is 0 Å². The molecular formula is C20H22ClNO4. The number of benzene rings is 2. The Balaban J connectivity index is 1.95. The smallest absolute Gasteiger partial charge is 0.253 e. The van der Waals surface area contributed by atoms with Gasteiger partial charge in [-0.3, -0.25) is 4.79 Å². The van der Waals surface area contributed by atoms with E-state index in [1.54, 1.807) is 48.4 Å². The third kappa shape index (κ3) is 5.43. The SMILES string of the molecule is C=CCOc1ccc(C(=O)N(C)CCOc2cccc(Cl)c2)cc1OC. The number of hydrogen-bond donors (Lipinski definition) is 0. The van der Waals surface area contributed by atoms with Crippen LogP contribution in [0.5, 0.6) is 17.2 Å². The van der Waals surface area contributed by atoms with Gasteiger partial charge in [0.15, 0.2) is 11.5 Å². The Morgan fingerprint density at radius 1 is 1.19 bits per heavy atom. The second-order valence-corrected chi connectivity index (χ2v) is 5.93. The third-order valence-electron chi connectivity index (χ3n) is 3.61. The summed E-state index contributed by atoms with van der Waals surface area (Å²) in [6.07, 6.45) is 1.65. The number of halogens is 1. The summed E-state index contributed by atoms with van der Waals surface area (Å²) in [7, 11) is 3.26. The molecule has 0 aliphatic heterocycles. The standard InChI is InChI=1S/C20H22ClNO4/c1-4-11-26-18-9-8-15(13-19(18)24-3)20(23)22(2)10-12-25-17-7-5-6-16(21)14-17/h4-9,13-14H,1,10-12H2,2-3H3. The molecule has 0 radical (unpaired) electrons. The summed E-state index contributed by atoms with van der Waals surface area (Å²) in [5.41, 5.74) is 0.512. The highest BCUT2D eigenvalue weighted by atomic mass is 35.5. The van der Waals surface area contributed by atoms with Crippen LogP contribution in [0.3, 0.4) is 0 Å². The fraction of sp³-hybridized carbons (Fsp3) is 0.250. The van der Waals surface area contributed by atoms with Crippen LogP contribution in [0.25, 0.3) is 0 Å². The van der Waals surface area contributed by atoms with Crippen LogP contribution in [0.2, 0.25) is 5.02 Å². The first-order valence-corrected chi connectivity index (χ1v) is 8.48. The topological polar surface area (TPSA) is 48.0 Å². The van der Waals surface area contributed by atoms with E-state index >= 15 is 0 Å². The van der Waals surface area contributed by atoms with Gasteiger partial charge in [-0.2, -0.15) is 0 Å². The molecule has 0 bridgehead atoms. The first-order chi connectivity index (χ1) is 12.5. The molecule has 0 aliphatic carbocycles. The zero-order valence-corrected chi connectivity index (χ0v) is 15.7. The van der Waals surface area contributed by atoms with E-state index in [0.29, 0.717) is 47.6 Å². The van der Waals surface area contributed by atoms with Gasteiger partial charge < -0.3 is 19.1 Å². The summed E-state index contributed by atoms with van der Waals surface area (Å²) in [5.74, 6) is 1.61. The number of amides is 1. The molecule has 2 aromatic carbocycles. The second kappa shape index (κ2) is 9.73. The van der Waals surface area contributed by atoms with Gasteiger partial charge in [0.1, 0.15) is 19.0 Å². The van der Waals surface area contributed by atoms with E-state index in [4.69, 9.17) is 25.8 Å². The van der Waals surface area contributed by atoms with Gasteiger partial charge in [-0.1, -0.05) is 30.3 Å². The second-order valence-electron chi connectivity index (χ2n) is 5.50. The van der Waals surface area contributed by atoms with E-state index < -0.39 is 0 Å². The summed E-state index contributed by atoms with van der Waals surface area (Å²) in [6, 6.07) is 12.2. The summed E-state index contributed by atoms with van der Waals surface area (Å²) in [4.78, 5) is 14.2. The first-order valence-electron chi connectivity index (χ1n) is 8.10. The van der Waals surface area contributed by atoms with Crippen molar-refractivity contribution in [3.63, 3.8) is 0 Å². The van der Waals surface area contributed by atoms with Crippen LogP contribution in [0, 0.1) is 0 Å². The van der Waals surface area contributed by atoms with Gasteiger partial charge in [0.25, 0.3) is 5.91 Å². The number of carbonyl (C=O) groups is 1. The molecule has 0 heterocycles. The van der Waals surface area contributed by atoms with Crippen LogP contribution < -0.4 is 14.2 Å². The highest BCUT2D eigenvalue weighted by molar-refractivity contribution is 6.30. The van der Waals surface area contributed by atoms with Crippen LogP contribution in [0.4, 0.5) is 0 Å². The number of ether oxygens (including phenoxy) is 3. The lowest BCUT2D eigenvalue weighted by molar-refractivity contribution is 0.0773. The average molecular weight is 376 g/mol.